The van der Waals surface area contributed by atoms with Crippen molar-refractivity contribution in [3.63, 3.8) is 0 Å². The first-order chi connectivity index (χ1) is 13.4. The van der Waals surface area contributed by atoms with Gasteiger partial charge in [0.25, 0.3) is 0 Å². The fourth-order valence-corrected chi connectivity index (χ4v) is 3.78. The molecule has 0 saturated carbocycles. The highest BCUT2D eigenvalue weighted by Gasteiger charge is 2.20. The Kier molecular flexibility index (Phi) is 5.96. The van der Waals surface area contributed by atoms with E-state index in [1.54, 1.807) is 31.4 Å². The molecule has 2 N–H and O–H groups in total. The lowest BCUT2D eigenvalue weighted by Gasteiger charge is -2.18. The minimum absolute atomic E-state index is 0.0391. The van der Waals surface area contributed by atoms with E-state index in [4.69, 9.17) is 4.74 Å². The zero-order valence-electron chi connectivity index (χ0n) is 15.7. The minimum atomic E-state index is -3.50. The van der Waals surface area contributed by atoms with Crippen LogP contribution in [-0.2, 0) is 14.8 Å². The van der Waals surface area contributed by atoms with Crippen LogP contribution in [0.5, 0.6) is 5.75 Å². The molecule has 0 heterocycles. The number of hydrogen-bond acceptors (Lipinski definition) is 4. The number of carbonyl (C=O) groups excluding carboxylic acids is 1. The molecule has 0 radical (unpaired) electrons. The maximum absolute atomic E-state index is 12.7. The number of fused-ring (bicyclic) bond motifs is 1. The Morgan fingerprint density at radius 3 is 2.36 bits per heavy atom. The molecule has 0 bridgehead atoms. The lowest BCUT2D eigenvalue weighted by atomic mass is 10.0. The van der Waals surface area contributed by atoms with Crippen LogP contribution in [0.25, 0.3) is 10.8 Å². The van der Waals surface area contributed by atoms with Crippen molar-refractivity contribution in [1.29, 1.82) is 0 Å². The van der Waals surface area contributed by atoms with Gasteiger partial charge in [0.1, 0.15) is 5.75 Å². The number of rotatable bonds is 7. The van der Waals surface area contributed by atoms with Crippen molar-refractivity contribution < 1.29 is 17.9 Å². The third-order valence-electron chi connectivity index (χ3n) is 4.33. The number of hydrogen-bond donors (Lipinski definition) is 2. The molecule has 146 valence electrons. The van der Waals surface area contributed by atoms with Gasteiger partial charge in [-0.3, -0.25) is 4.79 Å². The fraction of sp³-hybridized carbons (Fsp3) is 0.190. The number of carbonyl (C=O) groups is 1. The largest absolute Gasteiger partial charge is 0.497 e. The summed E-state index contributed by atoms with van der Waals surface area (Å²) in [6.45, 7) is 0. The summed E-state index contributed by atoms with van der Waals surface area (Å²) in [7, 11) is -1.95. The molecule has 6 nitrogen and oxygen atoms in total. The predicted octanol–water partition coefficient (Wildman–Crippen LogP) is 3.47. The number of ether oxygens (including phenoxy) is 1. The summed E-state index contributed by atoms with van der Waals surface area (Å²) in [4.78, 5) is 12.7. The van der Waals surface area contributed by atoms with E-state index in [9.17, 15) is 13.2 Å². The maximum atomic E-state index is 12.7. The predicted molar refractivity (Wildman–Crippen MR) is 111 cm³/mol. The molecule has 7 heteroatoms. The second-order valence-electron chi connectivity index (χ2n) is 6.49. The van der Waals surface area contributed by atoms with Crippen LogP contribution < -0.4 is 14.8 Å². The van der Waals surface area contributed by atoms with Crippen LogP contribution in [-0.4, -0.2) is 27.7 Å². The van der Waals surface area contributed by atoms with Crippen LogP contribution >= 0.6 is 0 Å². The molecule has 0 aromatic heterocycles. The molecular formula is C21H22N2O4S. The van der Waals surface area contributed by atoms with E-state index in [1.807, 2.05) is 42.5 Å². The highest BCUT2D eigenvalue weighted by molar-refractivity contribution is 7.88. The summed E-state index contributed by atoms with van der Waals surface area (Å²) in [6, 6.07) is 19.7. The van der Waals surface area contributed by atoms with Crippen LogP contribution in [0.1, 0.15) is 18.0 Å². The first-order valence-electron chi connectivity index (χ1n) is 8.74. The van der Waals surface area contributed by atoms with Crippen molar-refractivity contribution in [3.8, 4) is 5.75 Å². The Morgan fingerprint density at radius 2 is 1.68 bits per heavy atom. The molecule has 0 aliphatic carbocycles. The average molecular weight is 398 g/mol. The summed E-state index contributed by atoms with van der Waals surface area (Å²) in [5.41, 5.74) is 1.37. The van der Waals surface area contributed by atoms with Gasteiger partial charge in [0.05, 0.1) is 19.4 Å². The van der Waals surface area contributed by atoms with Crippen LogP contribution in [0, 0.1) is 0 Å². The van der Waals surface area contributed by atoms with Crippen molar-refractivity contribution in [1.82, 2.24) is 4.72 Å². The number of sulfonamides is 1. The molecule has 0 spiro atoms. The average Bonchev–Trinajstić information content (AvgIpc) is 2.67. The number of methoxy groups -OCH3 is 1. The van der Waals surface area contributed by atoms with Gasteiger partial charge >= 0.3 is 0 Å². The normalized spacial score (nSPS) is 12.5. The summed E-state index contributed by atoms with van der Waals surface area (Å²) >= 11 is 0. The van der Waals surface area contributed by atoms with Gasteiger partial charge < -0.3 is 10.1 Å². The van der Waals surface area contributed by atoms with E-state index < -0.39 is 16.1 Å². The van der Waals surface area contributed by atoms with Crippen LogP contribution in [0.15, 0.2) is 66.7 Å². The topological polar surface area (TPSA) is 84.5 Å². The highest BCUT2D eigenvalue weighted by Crippen LogP contribution is 2.25. The lowest BCUT2D eigenvalue weighted by molar-refractivity contribution is -0.116. The van der Waals surface area contributed by atoms with Gasteiger partial charge in [0.15, 0.2) is 0 Å². The van der Waals surface area contributed by atoms with Gasteiger partial charge in [-0.15, -0.1) is 0 Å². The van der Waals surface area contributed by atoms with Crippen LogP contribution in [0.4, 0.5) is 5.69 Å². The van der Waals surface area contributed by atoms with E-state index in [0.29, 0.717) is 17.0 Å². The Hall–Kier alpha value is -2.90. The second kappa shape index (κ2) is 8.41. The van der Waals surface area contributed by atoms with Gasteiger partial charge in [0, 0.05) is 17.5 Å². The third-order valence-corrected chi connectivity index (χ3v) is 5.04. The van der Waals surface area contributed by atoms with Crippen molar-refractivity contribution in [3.05, 3.63) is 72.3 Å². The number of nitrogens with one attached hydrogen (secondary N) is 2. The summed E-state index contributed by atoms with van der Waals surface area (Å²) < 4.78 is 31.2. The van der Waals surface area contributed by atoms with Crippen molar-refractivity contribution >= 4 is 32.4 Å². The lowest BCUT2D eigenvalue weighted by Crippen LogP contribution is -2.30. The molecule has 0 aliphatic rings. The van der Waals surface area contributed by atoms with E-state index in [0.717, 1.165) is 17.0 Å². The monoisotopic (exact) mass is 398 g/mol. The molecule has 1 unspecified atom stereocenters. The molecule has 1 amide bonds. The molecule has 0 saturated heterocycles. The van der Waals surface area contributed by atoms with Gasteiger partial charge in [0.2, 0.25) is 15.9 Å². The molecule has 3 aromatic carbocycles. The SMILES string of the molecule is COc1ccc(C(CC(=O)Nc2cccc3ccccc23)NS(C)(=O)=O)cc1. The van der Waals surface area contributed by atoms with Crippen molar-refractivity contribution in [2.24, 2.45) is 0 Å². The zero-order chi connectivity index (χ0) is 20.1. The molecule has 28 heavy (non-hydrogen) atoms. The molecule has 0 fully saturated rings. The van der Waals surface area contributed by atoms with Crippen molar-refractivity contribution in [2.75, 3.05) is 18.7 Å². The first-order valence-corrected chi connectivity index (χ1v) is 10.6. The summed E-state index contributed by atoms with van der Waals surface area (Å²) in [5.74, 6) is 0.371. The highest BCUT2D eigenvalue weighted by atomic mass is 32.2. The number of benzene rings is 3. The van der Waals surface area contributed by atoms with Crippen molar-refractivity contribution in [2.45, 2.75) is 12.5 Å². The van der Waals surface area contributed by atoms with Crippen LogP contribution in [0.2, 0.25) is 0 Å². The Labute approximate surface area is 164 Å². The molecule has 3 rings (SSSR count). The maximum Gasteiger partial charge on any atom is 0.226 e. The summed E-state index contributed by atoms with van der Waals surface area (Å²) in [5, 5.41) is 4.84. The zero-order valence-corrected chi connectivity index (χ0v) is 16.5. The van der Waals surface area contributed by atoms with Gasteiger partial charge in [-0.2, -0.15) is 0 Å². The second-order valence-corrected chi connectivity index (χ2v) is 8.27. The standard InChI is InChI=1S/C21H22N2O4S/c1-27-17-12-10-16(11-13-17)20(23-28(2,25)26)14-21(24)22-19-9-5-7-15-6-3-4-8-18(15)19/h3-13,20,23H,14H2,1-2H3,(H,22,24). The number of amides is 1. The Morgan fingerprint density at radius 1 is 1.00 bits per heavy atom. The molecule has 0 aliphatic heterocycles. The van der Waals surface area contributed by atoms with Gasteiger partial charge in [-0.05, 0) is 29.1 Å². The summed E-state index contributed by atoms with van der Waals surface area (Å²) in [6.07, 6.45) is 1.04. The smallest absolute Gasteiger partial charge is 0.226 e. The van der Waals surface area contributed by atoms with E-state index in [1.165, 1.54) is 0 Å². The van der Waals surface area contributed by atoms with Crippen LogP contribution in [0.3, 0.4) is 0 Å². The Bertz CT molecular complexity index is 1070. The number of anilines is 1. The van der Waals surface area contributed by atoms with E-state index >= 15 is 0 Å². The molecular weight excluding hydrogens is 376 g/mol. The van der Waals surface area contributed by atoms with E-state index in [2.05, 4.69) is 10.0 Å². The quantitative estimate of drug-likeness (QED) is 0.638. The van der Waals surface area contributed by atoms with Gasteiger partial charge in [-0.25, -0.2) is 13.1 Å². The molecule has 3 aromatic rings. The van der Waals surface area contributed by atoms with E-state index in [-0.39, 0.29) is 12.3 Å². The molecule has 1 atom stereocenters. The Balaban J connectivity index is 1.82. The minimum Gasteiger partial charge on any atom is -0.497 e. The fourth-order valence-electron chi connectivity index (χ4n) is 3.04. The van der Waals surface area contributed by atoms with Gasteiger partial charge in [-0.1, -0.05) is 48.5 Å². The first kappa shape index (κ1) is 19.9. The third kappa shape index (κ3) is 5.09.